The fourth-order valence-electron chi connectivity index (χ4n) is 2.24. The van der Waals surface area contributed by atoms with Crippen LogP contribution in [0.2, 0.25) is 0 Å². The van der Waals surface area contributed by atoms with Gasteiger partial charge >= 0.3 is 0 Å². The van der Waals surface area contributed by atoms with Gasteiger partial charge in [0, 0.05) is 28.5 Å². The summed E-state index contributed by atoms with van der Waals surface area (Å²) in [6, 6.07) is 7.29. The molecule has 1 aromatic carbocycles. The van der Waals surface area contributed by atoms with Gasteiger partial charge in [0.15, 0.2) is 4.96 Å². The maximum atomic E-state index is 11.7. The van der Waals surface area contributed by atoms with E-state index in [0.717, 1.165) is 21.9 Å². The summed E-state index contributed by atoms with van der Waals surface area (Å²) in [7, 11) is -3.25. The van der Waals surface area contributed by atoms with Crippen LogP contribution in [-0.4, -0.2) is 23.6 Å². The molecule has 0 fully saturated rings. The highest BCUT2D eigenvalue weighted by Gasteiger charge is 2.10. The molecule has 0 spiro atoms. The second-order valence-corrected chi connectivity index (χ2v) is 7.83. The van der Waals surface area contributed by atoms with Gasteiger partial charge in [0.2, 0.25) is 10.0 Å². The smallest absolute Gasteiger partial charge is 0.232 e. The number of thiazole rings is 1. The summed E-state index contributed by atoms with van der Waals surface area (Å²) in [5, 5.41) is 2.07. The van der Waals surface area contributed by atoms with Crippen molar-refractivity contribution in [1.82, 2.24) is 9.38 Å². The molecule has 5 nitrogen and oxygen atoms in total. The molecule has 0 amide bonds. The maximum Gasteiger partial charge on any atom is 0.232 e. The van der Waals surface area contributed by atoms with Gasteiger partial charge in [0.1, 0.15) is 0 Å². The lowest BCUT2D eigenvalue weighted by atomic mass is 10.1. The molecule has 0 atom stereocenters. The van der Waals surface area contributed by atoms with Crippen molar-refractivity contribution in [2.45, 2.75) is 20.3 Å². The molecule has 0 unspecified atom stereocenters. The highest BCUT2D eigenvalue weighted by molar-refractivity contribution is 7.92. The first kappa shape index (κ1) is 15.1. The van der Waals surface area contributed by atoms with Crippen LogP contribution < -0.4 is 4.72 Å². The predicted molar refractivity (Wildman–Crippen MR) is 90.9 cm³/mol. The predicted octanol–water partition coefficient (Wildman–Crippen LogP) is 3.52. The van der Waals surface area contributed by atoms with Gasteiger partial charge in [-0.25, -0.2) is 13.4 Å². The Kier molecular flexibility index (Phi) is 3.92. The SMILES string of the molecule is CCCS(=O)(=O)Nc1ccc(-c2cn3c(C)csc3n2)cc1. The number of aromatic nitrogens is 2. The van der Waals surface area contributed by atoms with Crippen molar-refractivity contribution in [2.75, 3.05) is 10.5 Å². The number of aryl methyl sites for hydroxylation is 1. The Morgan fingerprint density at radius 2 is 2.00 bits per heavy atom. The van der Waals surface area contributed by atoms with E-state index in [1.807, 2.05) is 32.2 Å². The number of sulfonamides is 1. The quantitative estimate of drug-likeness (QED) is 0.776. The fraction of sp³-hybridized carbons (Fsp3) is 0.267. The van der Waals surface area contributed by atoms with Crippen LogP contribution in [0.25, 0.3) is 16.2 Å². The fourth-order valence-corrected chi connectivity index (χ4v) is 4.23. The van der Waals surface area contributed by atoms with E-state index in [9.17, 15) is 8.42 Å². The molecular weight excluding hydrogens is 318 g/mol. The van der Waals surface area contributed by atoms with Crippen molar-refractivity contribution in [3.8, 4) is 11.3 Å². The molecule has 0 aliphatic rings. The van der Waals surface area contributed by atoms with Gasteiger partial charge in [0.05, 0.1) is 11.4 Å². The highest BCUT2D eigenvalue weighted by Crippen LogP contribution is 2.24. The van der Waals surface area contributed by atoms with Crippen LogP contribution in [0.15, 0.2) is 35.8 Å². The Hall–Kier alpha value is -1.86. The van der Waals surface area contributed by atoms with Crippen molar-refractivity contribution in [1.29, 1.82) is 0 Å². The van der Waals surface area contributed by atoms with Gasteiger partial charge in [-0.1, -0.05) is 19.1 Å². The number of hydrogen-bond acceptors (Lipinski definition) is 4. The van der Waals surface area contributed by atoms with Crippen LogP contribution in [-0.2, 0) is 10.0 Å². The number of imidazole rings is 1. The standard InChI is InChI=1S/C15H17N3O2S2/c1-3-8-22(19,20)17-13-6-4-12(5-7-13)14-9-18-11(2)10-21-15(18)16-14/h4-7,9-10,17H,3,8H2,1-2H3. The summed E-state index contributed by atoms with van der Waals surface area (Å²) in [6.07, 6.45) is 2.59. The zero-order chi connectivity index (χ0) is 15.7. The Morgan fingerprint density at radius 1 is 1.27 bits per heavy atom. The summed E-state index contributed by atoms with van der Waals surface area (Å²) in [6.45, 7) is 3.88. The third-order valence-electron chi connectivity index (χ3n) is 3.32. The van der Waals surface area contributed by atoms with Crippen LogP contribution in [0.5, 0.6) is 0 Å². The van der Waals surface area contributed by atoms with Gasteiger partial charge in [-0.2, -0.15) is 0 Å². The lowest BCUT2D eigenvalue weighted by molar-refractivity contribution is 0.600. The second kappa shape index (κ2) is 5.73. The van der Waals surface area contributed by atoms with Crippen molar-refractivity contribution in [3.05, 3.63) is 41.5 Å². The lowest BCUT2D eigenvalue weighted by Gasteiger charge is -2.07. The number of anilines is 1. The molecular formula is C15H17N3O2S2. The summed E-state index contributed by atoms with van der Waals surface area (Å²) in [4.78, 5) is 5.54. The van der Waals surface area contributed by atoms with Gasteiger partial charge in [-0.3, -0.25) is 9.12 Å². The topological polar surface area (TPSA) is 63.5 Å². The normalized spacial score (nSPS) is 11.9. The summed E-state index contributed by atoms with van der Waals surface area (Å²) >= 11 is 1.61. The molecule has 116 valence electrons. The number of nitrogens with one attached hydrogen (secondary N) is 1. The monoisotopic (exact) mass is 335 g/mol. The van der Waals surface area contributed by atoms with Crippen LogP contribution >= 0.6 is 11.3 Å². The molecule has 0 saturated heterocycles. The Bertz CT molecular complexity index is 893. The van der Waals surface area contributed by atoms with Gasteiger partial charge in [0.25, 0.3) is 0 Å². The van der Waals surface area contributed by atoms with Crippen LogP contribution in [0.1, 0.15) is 19.0 Å². The summed E-state index contributed by atoms with van der Waals surface area (Å²) < 4.78 is 28.1. The minimum Gasteiger partial charge on any atom is -0.294 e. The molecule has 2 heterocycles. The van der Waals surface area contributed by atoms with E-state index in [1.54, 1.807) is 23.5 Å². The van der Waals surface area contributed by atoms with Crippen LogP contribution in [0.3, 0.4) is 0 Å². The van der Waals surface area contributed by atoms with E-state index in [0.29, 0.717) is 12.1 Å². The largest absolute Gasteiger partial charge is 0.294 e. The number of rotatable bonds is 5. The molecule has 7 heteroatoms. The van der Waals surface area contributed by atoms with Crippen molar-refractivity contribution in [2.24, 2.45) is 0 Å². The number of fused-ring (bicyclic) bond motifs is 1. The first-order valence-electron chi connectivity index (χ1n) is 7.02. The van der Waals surface area contributed by atoms with E-state index in [-0.39, 0.29) is 5.75 Å². The third-order valence-corrected chi connectivity index (χ3v) is 5.77. The average Bonchev–Trinajstić information content (AvgIpc) is 3.02. The van der Waals surface area contributed by atoms with Gasteiger partial charge in [-0.15, -0.1) is 11.3 Å². The van der Waals surface area contributed by atoms with Crippen molar-refractivity contribution < 1.29 is 8.42 Å². The summed E-state index contributed by atoms with van der Waals surface area (Å²) in [5.41, 5.74) is 3.59. The molecule has 22 heavy (non-hydrogen) atoms. The van der Waals surface area contributed by atoms with E-state index in [2.05, 4.69) is 19.5 Å². The molecule has 0 aliphatic carbocycles. The van der Waals surface area contributed by atoms with E-state index >= 15 is 0 Å². The molecule has 2 aromatic heterocycles. The minimum atomic E-state index is -3.25. The van der Waals surface area contributed by atoms with Crippen LogP contribution in [0.4, 0.5) is 5.69 Å². The third kappa shape index (κ3) is 3.00. The first-order chi connectivity index (χ1) is 10.5. The number of nitrogens with zero attached hydrogens (tertiary/aromatic N) is 2. The second-order valence-electron chi connectivity index (χ2n) is 5.15. The molecule has 0 bridgehead atoms. The van der Waals surface area contributed by atoms with E-state index in [1.165, 1.54) is 0 Å². The first-order valence-corrected chi connectivity index (χ1v) is 9.56. The Morgan fingerprint density at radius 3 is 2.64 bits per heavy atom. The Labute approximate surface area is 133 Å². The maximum absolute atomic E-state index is 11.7. The molecule has 0 saturated carbocycles. The minimum absolute atomic E-state index is 0.130. The van der Waals surface area contributed by atoms with Crippen molar-refractivity contribution in [3.63, 3.8) is 0 Å². The van der Waals surface area contributed by atoms with Gasteiger partial charge in [-0.05, 0) is 25.5 Å². The van der Waals surface area contributed by atoms with Crippen LogP contribution in [0, 0.1) is 6.92 Å². The zero-order valence-electron chi connectivity index (χ0n) is 12.4. The van der Waals surface area contributed by atoms with Crippen molar-refractivity contribution >= 4 is 32.0 Å². The van der Waals surface area contributed by atoms with Gasteiger partial charge < -0.3 is 0 Å². The molecule has 3 aromatic rings. The highest BCUT2D eigenvalue weighted by atomic mass is 32.2. The van der Waals surface area contributed by atoms with E-state index in [4.69, 9.17) is 0 Å². The van der Waals surface area contributed by atoms with E-state index < -0.39 is 10.0 Å². The molecule has 3 rings (SSSR count). The molecule has 1 N–H and O–H groups in total. The zero-order valence-corrected chi connectivity index (χ0v) is 14.0. The molecule has 0 radical (unpaired) electrons. The number of benzene rings is 1. The molecule has 0 aliphatic heterocycles. The number of hydrogen-bond donors (Lipinski definition) is 1. The Balaban J connectivity index is 1.84. The summed E-state index contributed by atoms with van der Waals surface area (Å²) in [5.74, 6) is 0.130. The average molecular weight is 335 g/mol. The lowest BCUT2D eigenvalue weighted by Crippen LogP contribution is -2.15.